The normalized spacial score (nSPS) is 11.6. The summed E-state index contributed by atoms with van der Waals surface area (Å²) in [6, 6.07) is 10.1. The van der Waals surface area contributed by atoms with Gasteiger partial charge in [-0.3, -0.25) is 4.72 Å². The molecule has 2 heterocycles. The maximum atomic E-state index is 12.4. The van der Waals surface area contributed by atoms with E-state index in [4.69, 9.17) is 16.1 Å². The highest BCUT2D eigenvalue weighted by molar-refractivity contribution is 7.94. The molecule has 0 aliphatic carbocycles. The molecule has 6 nitrogen and oxygen atoms in total. The zero-order chi connectivity index (χ0) is 16.4. The van der Waals surface area contributed by atoms with E-state index in [0.29, 0.717) is 28.2 Å². The minimum atomic E-state index is -3.68. The molecular weight excluding hydrogens is 358 g/mol. The van der Waals surface area contributed by atoms with Crippen LogP contribution in [0.5, 0.6) is 0 Å². The Bertz CT molecular complexity index is 934. The van der Waals surface area contributed by atoms with Crippen LogP contribution in [0.2, 0.25) is 4.34 Å². The van der Waals surface area contributed by atoms with Crippen molar-refractivity contribution in [2.24, 2.45) is 0 Å². The van der Waals surface area contributed by atoms with Gasteiger partial charge in [0, 0.05) is 0 Å². The lowest BCUT2D eigenvalue weighted by molar-refractivity contribution is 0.381. The second-order valence-electron chi connectivity index (χ2n) is 4.73. The lowest BCUT2D eigenvalue weighted by Crippen LogP contribution is -2.13. The summed E-state index contributed by atoms with van der Waals surface area (Å²) in [5.74, 6) is 0.958. The monoisotopic (exact) mass is 369 g/mol. The van der Waals surface area contributed by atoms with Crippen LogP contribution in [0.15, 0.2) is 45.1 Å². The highest BCUT2D eigenvalue weighted by Crippen LogP contribution is 2.28. The first-order chi connectivity index (χ1) is 10.9. The molecule has 0 unspecified atom stereocenters. The predicted molar refractivity (Wildman–Crippen MR) is 88.4 cm³/mol. The van der Waals surface area contributed by atoms with Crippen molar-refractivity contribution in [2.45, 2.75) is 17.6 Å². The fourth-order valence-electron chi connectivity index (χ4n) is 1.99. The Kier molecular flexibility index (Phi) is 4.38. The largest absolute Gasteiger partial charge is 0.339 e. The summed E-state index contributed by atoms with van der Waals surface area (Å²) in [6.07, 6.45) is 0.338. The summed E-state index contributed by atoms with van der Waals surface area (Å²) in [5, 5.41) is 3.73. The number of rotatable bonds is 5. The summed E-state index contributed by atoms with van der Waals surface area (Å²) in [7, 11) is -3.68. The van der Waals surface area contributed by atoms with E-state index in [1.807, 2.05) is 6.07 Å². The molecule has 1 N–H and O–H groups in total. The summed E-state index contributed by atoms with van der Waals surface area (Å²) < 4.78 is 33.1. The van der Waals surface area contributed by atoms with Gasteiger partial charge < -0.3 is 4.52 Å². The first kappa shape index (κ1) is 16.0. The maximum Gasteiger partial charge on any atom is 0.271 e. The number of aromatic nitrogens is 2. The topological polar surface area (TPSA) is 85.1 Å². The van der Waals surface area contributed by atoms with Gasteiger partial charge in [0.1, 0.15) is 4.21 Å². The van der Waals surface area contributed by atoms with Gasteiger partial charge in [-0.25, -0.2) is 8.42 Å². The van der Waals surface area contributed by atoms with Crippen LogP contribution in [-0.2, 0) is 16.4 Å². The number of halogens is 1. The van der Waals surface area contributed by atoms with Crippen molar-refractivity contribution < 1.29 is 12.9 Å². The molecule has 0 fully saturated rings. The van der Waals surface area contributed by atoms with Crippen LogP contribution in [0.1, 0.15) is 17.3 Å². The van der Waals surface area contributed by atoms with E-state index in [9.17, 15) is 8.42 Å². The Morgan fingerprint density at radius 1 is 1.26 bits per heavy atom. The number of thiophene rings is 1. The van der Waals surface area contributed by atoms with Gasteiger partial charge in [0.25, 0.3) is 10.0 Å². The zero-order valence-corrected chi connectivity index (χ0v) is 14.4. The van der Waals surface area contributed by atoms with Crippen LogP contribution in [0.4, 0.5) is 5.69 Å². The molecule has 2 aromatic heterocycles. The Morgan fingerprint density at radius 3 is 2.70 bits per heavy atom. The Labute approximate surface area is 142 Å². The first-order valence-electron chi connectivity index (χ1n) is 6.59. The van der Waals surface area contributed by atoms with E-state index in [-0.39, 0.29) is 4.21 Å². The van der Waals surface area contributed by atoms with E-state index in [0.717, 1.165) is 16.9 Å². The molecule has 0 atom stereocenters. The van der Waals surface area contributed by atoms with Crippen molar-refractivity contribution in [1.82, 2.24) is 10.1 Å². The SMILES string of the molecule is Cc1noc(Cc2ccccc2NS(=O)(=O)c2ccc(Cl)s2)n1. The molecule has 3 aromatic rings. The number of nitrogens with zero attached hydrogens (tertiary/aromatic N) is 2. The molecule has 120 valence electrons. The molecule has 9 heteroatoms. The van der Waals surface area contributed by atoms with Gasteiger partial charge in [-0.1, -0.05) is 35.0 Å². The summed E-state index contributed by atoms with van der Waals surface area (Å²) in [4.78, 5) is 4.13. The number of aryl methyl sites for hydroxylation is 1. The zero-order valence-electron chi connectivity index (χ0n) is 12.0. The molecule has 0 radical (unpaired) electrons. The number of para-hydroxylation sites is 1. The van der Waals surface area contributed by atoms with Gasteiger partial charge in [-0.15, -0.1) is 11.3 Å². The lowest BCUT2D eigenvalue weighted by atomic mass is 10.1. The van der Waals surface area contributed by atoms with Crippen molar-refractivity contribution in [3.05, 3.63) is 58.0 Å². The molecule has 0 saturated heterocycles. The smallest absolute Gasteiger partial charge is 0.271 e. The average Bonchev–Trinajstić information content (AvgIpc) is 3.10. The third-order valence-corrected chi connectivity index (χ3v) is 6.07. The predicted octanol–water partition coefficient (Wildman–Crippen LogP) is 3.48. The number of nitrogens with one attached hydrogen (secondary N) is 1. The molecule has 0 spiro atoms. The van der Waals surface area contributed by atoms with Crippen LogP contribution in [-0.4, -0.2) is 18.6 Å². The van der Waals surface area contributed by atoms with Crippen molar-refractivity contribution in [3.63, 3.8) is 0 Å². The van der Waals surface area contributed by atoms with Crippen molar-refractivity contribution in [1.29, 1.82) is 0 Å². The highest BCUT2D eigenvalue weighted by Gasteiger charge is 2.19. The molecule has 0 bridgehead atoms. The molecule has 23 heavy (non-hydrogen) atoms. The molecule has 0 saturated carbocycles. The second kappa shape index (κ2) is 6.31. The fourth-order valence-corrected chi connectivity index (χ4v) is 4.57. The first-order valence-corrected chi connectivity index (χ1v) is 9.27. The maximum absolute atomic E-state index is 12.4. The molecule has 0 amide bonds. The van der Waals surface area contributed by atoms with Gasteiger partial charge in [-0.05, 0) is 30.7 Å². The van der Waals surface area contributed by atoms with E-state index in [1.165, 1.54) is 6.07 Å². The fraction of sp³-hybridized carbons (Fsp3) is 0.143. The quantitative estimate of drug-likeness (QED) is 0.744. The standard InChI is InChI=1S/C14H12ClN3O3S2/c1-9-16-13(21-17-9)8-10-4-2-3-5-11(10)18-23(19,20)14-7-6-12(15)22-14/h2-7,18H,8H2,1H3. The molecule has 0 aliphatic heterocycles. The summed E-state index contributed by atoms with van der Waals surface area (Å²) in [6.45, 7) is 1.72. The molecule has 3 rings (SSSR count). The van der Waals surface area contributed by atoms with Gasteiger partial charge in [-0.2, -0.15) is 4.98 Å². The van der Waals surface area contributed by atoms with E-state index in [2.05, 4.69) is 14.9 Å². The molecule has 1 aromatic carbocycles. The molecule has 0 aliphatic rings. The number of hydrogen-bond donors (Lipinski definition) is 1. The van der Waals surface area contributed by atoms with Crippen LogP contribution < -0.4 is 4.72 Å². The van der Waals surface area contributed by atoms with E-state index >= 15 is 0 Å². The van der Waals surface area contributed by atoms with Crippen LogP contribution >= 0.6 is 22.9 Å². The van der Waals surface area contributed by atoms with Crippen LogP contribution in [0, 0.1) is 6.92 Å². The number of sulfonamides is 1. The average molecular weight is 370 g/mol. The Morgan fingerprint density at radius 2 is 2.04 bits per heavy atom. The lowest BCUT2D eigenvalue weighted by Gasteiger charge is -2.10. The van der Waals surface area contributed by atoms with Gasteiger partial charge in [0.15, 0.2) is 5.82 Å². The minimum Gasteiger partial charge on any atom is -0.339 e. The van der Waals surface area contributed by atoms with Crippen molar-refractivity contribution >= 4 is 38.6 Å². The second-order valence-corrected chi connectivity index (χ2v) is 8.36. The number of hydrogen-bond acceptors (Lipinski definition) is 6. The van der Waals surface area contributed by atoms with E-state index < -0.39 is 10.0 Å². The van der Waals surface area contributed by atoms with Crippen LogP contribution in [0.3, 0.4) is 0 Å². The van der Waals surface area contributed by atoms with Crippen molar-refractivity contribution in [3.8, 4) is 0 Å². The van der Waals surface area contributed by atoms with Gasteiger partial charge in [0.05, 0.1) is 16.4 Å². The molecular formula is C14H12ClN3O3S2. The third-order valence-electron chi connectivity index (χ3n) is 2.99. The summed E-state index contributed by atoms with van der Waals surface area (Å²) >= 11 is 6.81. The summed E-state index contributed by atoms with van der Waals surface area (Å²) in [5.41, 5.74) is 1.20. The number of anilines is 1. The third kappa shape index (κ3) is 3.72. The van der Waals surface area contributed by atoms with Gasteiger partial charge >= 0.3 is 0 Å². The Hall–Kier alpha value is -1.90. The van der Waals surface area contributed by atoms with Crippen LogP contribution in [0.25, 0.3) is 0 Å². The number of benzene rings is 1. The van der Waals surface area contributed by atoms with Gasteiger partial charge in [0.2, 0.25) is 5.89 Å². The highest BCUT2D eigenvalue weighted by atomic mass is 35.5. The van der Waals surface area contributed by atoms with Crippen molar-refractivity contribution in [2.75, 3.05) is 4.72 Å². The van der Waals surface area contributed by atoms with E-state index in [1.54, 1.807) is 31.2 Å². The minimum absolute atomic E-state index is 0.158. The Balaban J connectivity index is 1.88.